The number of hydrogen-bond donors (Lipinski definition) is 0. The van der Waals surface area contributed by atoms with E-state index in [2.05, 4.69) is 31.2 Å². The molecular weight excluding hydrogens is 333 g/mol. The standard InChI is InChI=1S/C6H3ClIN3S.C2H6/c7-5-4-1-2-11(12-8)6(4)10-3-9-5;1-2/h1-3H;1-2H3. The van der Waals surface area contributed by atoms with Gasteiger partial charge in [0.05, 0.1) is 5.39 Å². The van der Waals surface area contributed by atoms with Crippen LogP contribution in [0.5, 0.6) is 0 Å². The Morgan fingerprint density at radius 1 is 1.43 bits per heavy atom. The first-order valence-electron chi connectivity index (χ1n) is 4.09. The van der Waals surface area contributed by atoms with Crippen molar-refractivity contribution >= 4 is 53.0 Å². The molecule has 0 saturated carbocycles. The molecule has 2 aromatic heterocycles. The zero-order valence-electron chi connectivity index (χ0n) is 7.74. The van der Waals surface area contributed by atoms with Crippen molar-refractivity contribution in [3.63, 3.8) is 0 Å². The summed E-state index contributed by atoms with van der Waals surface area (Å²) in [4.78, 5) is 8.00. The van der Waals surface area contributed by atoms with Crippen LogP contribution in [0.25, 0.3) is 11.0 Å². The number of rotatable bonds is 1. The quantitative estimate of drug-likeness (QED) is 0.581. The fourth-order valence-electron chi connectivity index (χ4n) is 0.953. The Morgan fingerprint density at radius 2 is 2.14 bits per heavy atom. The van der Waals surface area contributed by atoms with E-state index in [0.29, 0.717) is 5.15 Å². The van der Waals surface area contributed by atoms with Gasteiger partial charge in [0.15, 0.2) is 5.65 Å². The van der Waals surface area contributed by atoms with Crippen molar-refractivity contribution in [2.75, 3.05) is 0 Å². The van der Waals surface area contributed by atoms with E-state index in [1.54, 1.807) is 9.12 Å². The maximum absolute atomic E-state index is 5.85. The first kappa shape index (κ1) is 12.1. The summed E-state index contributed by atoms with van der Waals surface area (Å²) < 4.78 is 1.93. The van der Waals surface area contributed by atoms with E-state index in [9.17, 15) is 0 Å². The van der Waals surface area contributed by atoms with Crippen molar-refractivity contribution in [2.24, 2.45) is 0 Å². The molecule has 76 valence electrons. The summed E-state index contributed by atoms with van der Waals surface area (Å²) in [5, 5.41) is 1.40. The first-order valence-corrected chi connectivity index (χ1v) is 7.79. The third kappa shape index (κ3) is 2.32. The van der Waals surface area contributed by atoms with Crippen LogP contribution in [0.4, 0.5) is 0 Å². The third-order valence-corrected chi connectivity index (χ3v) is 3.49. The molecule has 0 spiro atoms. The molecule has 0 aromatic carbocycles. The summed E-state index contributed by atoms with van der Waals surface area (Å²) in [5.74, 6) is 0. The van der Waals surface area contributed by atoms with Gasteiger partial charge in [-0.15, -0.1) is 0 Å². The lowest BCUT2D eigenvalue weighted by atomic mass is 10.4. The van der Waals surface area contributed by atoms with Crippen LogP contribution in [0.1, 0.15) is 13.8 Å². The van der Waals surface area contributed by atoms with Gasteiger partial charge in [-0.1, -0.05) is 25.4 Å². The molecule has 0 bridgehead atoms. The zero-order chi connectivity index (χ0) is 10.6. The summed E-state index contributed by atoms with van der Waals surface area (Å²) in [6, 6.07) is 1.91. The first-order chi connectivity index (χ1) is 6.83. The highest BCUT2D eigenvalue weighted by Gasteiger charge is 2.05. The van der Waals surface area contributed by atoms with E-state index >= 15 is 0 Å². The molecule has 0 fully saturated rings. The van der Waals surface area contributed by atoms with E-state index < -0.39 is 0 Å². The Balaban J connectivity index is 0.000000461. The fraction of sp³-hybridized carbons (Fsp3) is 0.250. The van der Waals surface area contributed by atoms with Crippen LogP contribution in [0.2, 0.25) is 5.15 Å². The van der Waals surface area contributed by atoms with Gasteiger partial charge in [-0.25, -0.2) is 9.97 Å². The molecule has 0 amide bonds. The summed E-state index contributed by atoms with van der Waals surface area (Å²) in [6.07, 6.45) is 3.39. The molecule has 0 N–H and O–H groups in total. The van der Waals surface area contributed by atoms with E-state index in [4.69, 9.17) is 11.6 Å². The van der Waals surface area contributed by atoms with E-state index in [0.717, 1.165) is 11.0 Å². The normalized spacial score (nSPS) is 9.71. The highest BCUT2D eigenvalue weighted by Crippen LogP contribution is 2.26. The summed E-state index contributed by atoms with van der Waals surface area (Å²) >= 11 is 8.04. The Hall–Kier alpha value is -0.0100. The zero-order valence-corrected chi connectivity index (χ0v) is 11.5. The van der Waals surface area contributed by atoms with Crippen LogP contribution in [0, 0.1) is 0 Å². The summed E-state index contributed by atoms with van der Waals surface area (Å²) in [5.41, 5.74) is 0.856. The molecule has 0 radical (unpaired) electrons. The maximum atomic E-state index is 5.85. The lowest BCUT2D eigenvalue weighted by Gasteiger charge is -1.95. The number of halogens is 2. The second-order valence-electron chi connectivity index (χ2n) is 2.11. The van der Waals surface area contributed by atoms with Gasteiger partial charge < -0.3 is 0 Å². The van der Waals surface area contributed by atoms with Crippen LogP contribution in [-0.4, -0.2) is 13.9 Å². The third-order valence-electron chi connectivity index (χ3n) is 1.47. The minimum atomic E-state index is 0.504. The van der Waals surface area contributed by atoms with Gasteiger partial charge >= 0.3 is 0 Å². The average molecular weight is 342 g/mol. The Morgan fingerprint density at radius 3 is 2.79 bits per heavy atom. The van der Waals surface area contributed by atoms with Crippen LogP contribution >= 0.6 is 41.9 Å². The Bertz CT molecular complexity index is 418. The molecule has 3 nitrogen and oxygen atoms in total. The van der Waals surface area contributed by atoms with Crippen LogP contribution in [-0.2, 0) is 0 Å². The number of nitrogens with zero attached hydrogens (tertiary/aromatic N) is 3. The monoisotopic (exact) mass is 341 g/mol. The van der Waals surface area contributed by atoms with Crippen molar-refractivity contribution in [3.05, 3.63) is 23.7 Å². The highest BCUT2D eigenvalue weighted by molar-refractivity contribution is 14.2. The second-order valence-corrected chi connectivity index (χ2v) is 4.18. The molecule has 14 heavy (non-hydrogen) atoms. The summed E-state index contributed by atoms with van der Waals surface area (Å²) in [7, 11) is 1.55. The molecule has 2 rings (SSSR count). The molecule has 0 aliphatic heterocycles. The number of hydrogen-bond acceptors (Lipinski definition) is 3. The minimum absolute atomic E-state index is 0.504. The Labute approximate surface area is 104 Å². The van der Waals surface area contributed by atoms with Crippen LogP contribution in [0.15, 0.2) is 18.6 Å². The molecule has 0 aliphatic rings. The predicted molar refractivity (Wildman–Crippen MR) is 70.9 cm³/mol. The second kappa shape index (κ2) is 5.77. The van der Waals surface area contributed by atoms with Crippen LogP contribution in [0.3, 0.4) is 0 Å². The molecule has 2 aromatic rings. The fourth-order valence-corrected chi connectivity index (χ4v) is 2.42. The number of fused-ring (bicyclic) bond motifs is 1. The van der Waals surface area contributed by atoms with Crippen molar-refractivity contribution in [1.82, 2.24) is 13.9 Å². The lowest BCUT2D eigenvalue weighted by molar-refractivity contribution is 1.18. The van der Waals surface area contributed by atoms with Crippen molar-refractivity contribution in [1.29, 1.82) is 0 Å². The molecule has 0 saturated heterocycles. The van der Waals surface area contributed by atoms with Crippen molar-refractivity contribution in [3.8, 4) is 0 Å². The Kier molecular flexibility index (Phi) is 4.97. The topological polar surface area (TPSA) is 30.7 Å². The largest absolute Gasteiger partial charge is 0.266 e. The van der Waals surface area contributed by atoms with Crippen molar-refractivity contribution in [2.45, 2.75) is 13.8 Å². The molecule has 0 unspecified atom stereocenters. The van der Waals surface area contributed by atoms with Gasteiger partial charge in [0.2, 0.25) is 0 Å². The molecular formula is C8H9ClIN3S. The minimum Gasteiger partial charge on any atom is -0.266 e. The predicted octanol–water partition coefficient (Wildman–Crippen LogP) is 3.96. The number of aromatic nitrogens is 3. The molecule has 2 heterocycles. The van der Waals surface area contributed by atoms with Gasteiger partial charge in [-0.3, -0.25) is 3.97 Å². The van der Waals surface area contributed by atoms with Crippen molar-refractivity contribution < 1.29 is 0 Å². The highest BCUT2D eigenvalue weighted by atomic mass is 127. The van der Waals surface area contributed by atoms with Gasteiger partial charge in [0.1, 0.15) is 11.5 Å². The van der Waals surface area contributed by atoms with Gasteiger partial charge in [-0.05, 0) is 6.07 Å². The molecule has 6 heteroatoms. The molecule has 0 aliphatic carbocycles. The van der Waals surface area contributed by atoms with Gasteiger partial charge in [0, 0.05) is 36.5 Å². The van der Waals surface area contributed by atoms with Gasteiger partial charge in [0.25, 0.3) is 0 Å². The maximum Gasteiger partial charge on any atom is 0.155 e. The van der Waals surface area contributed by atoms with E-state index in [1.807, 2.05) is 30.1 Å². The lowest BCUT2D eigenvalue weighted by Crippen LogP contribution is -1.85. The average Bonchev–Trinajstić information content (AvgIpc) is 2.65. The van der Waals surface area contributed by atoms with E-state index in [1.165, 1.54) is 6.33 Å². The van der Waals surface area contributed by atoms with Crippen LogP contribution < -0.4 is 0 Å². The summed E-state index contributed by atoms with van der Waals surface area (Å²) in [6.45, 7) is 4.00. The molecule has 0 atom stereocenters. The van der Waals surface area contributed by atoms with E-state index in [-0.39, 0.29) is 0 Å². The van der Waals surface area contributed by atoms with Gasteiger partial charge in [-0.2, -0.15) is 0 Å². The SMILES string of the molecule is CC.Clc1ncnc2c1ccn2SI. The smallest absolute Gasteiger partial charge is 0.155 e.